The zero-order valence-electron chi connectivity index (χ0n) is 18.4. The van der Waals surface area contributed by atoms with E-state index >= 15 is 0 Å². The fraction of sp³-hybridized carbons (Fsp3) is 0.130. The Labute approximate surface area is 196 Å². The summed E-state index contributed by atoms with van der Waals surface area (Å²) in [6.07, 6.45) is 2.57. The second-order valence-electron chi connectivity index (χ2n) is 7.26. The molecule has 0 bridgehead atoms. The average molecular weight is 483 g/mol. The molecule has 176 valence electrons. The van der Waals surface area contributed by atoms with Crippen LogP contribution in [0.2, 0.25) is 0 Å². The van der Waals surface area contributed by atoms with E-state index in [1.54, 1.807) is 36.4 Å². The summed E-state index contributed by atoms with van der Waals surface area (Å²) in [5, 5.41) is 14.6. The molecule has 0 saturated heterocycles. The Hall–Kier alpha value is -4.25. The number of non-ortho nitro benzene ring substituents is 1. The fourth-order valence-electron chi connectivity index (χ4n) is 2.77. The lowest BCUT2D eigenvalue weighted by Crippen LogP contribution is -2.25. The van der Waals surface area contributed by atoms with Gasteiger partial charge in [-0.25, -0.2) is 13.8 Å². The summed E-state index contributed by atoms with van der Waals surface area (Å²) >= 11 is 0. The third-order valence-corrected chi connectivity index (χ3v) is 6.01. The molecule has 0 radical (unpaired) electrons. The maximum absolute atomic E-state index is 12.2. The summed E-state index contributed by atoms with van der Waals surface area (Å²) in [6.45, 7) is 0.264. The van der Waals surface area contributed by atoms with Crippen LogP contribution in [0.3, 0.4) is 0 Å². The molecule has 0 aromatic heterocycles. The number of carbonyl (C=O) groups excluding carboxylic acids is 1. The van der Waals surface area contributed by atoms with E-state index in [4.69, 9.17) is 4.74 Å². The van der Waals surface area contributed by atoms with Crippen LogP contribution < -0.4 is 14.5 Å². The molecule has 0 unspecified atom stereocenters. The number of sulfonamides is 1. The molecule has 0 heterocycles. The first-order valence-corrected chi connectivity index (χ1v) is 11.8. The Morgan fingerprint density at radius 3 is 2.24 bits per heavy atom. The van der Waals surface area contributed by atoms with Crippen LogP contribution in [0.1, 0.15) is 21.5 Å². The van der Waals surface area contributed by atoms with E-state index in [1.165, 1.54) is 49.7 Å². The zero-order valence-corrected chi connectivity index (χ0v) is 19.2. The predicted octanol–water partition coefficient (Wildman–Crippen LogP) is 3.33. The van der Waals surface area contributed by atoms with E-state index in [0.29, 0.717) is 17.0 Å². The van der Waals surface area contributed by atoms with Crippen LogP contribution in [0.25, 0.3) is 0 Å². The van der Waals surface area contributed by atoms with Crippen molar-refractivity contribution in [3.8, 4) is 5.75 Å². The van der Waals surface area contributed by atoms with Crippen molar-refractivity contribution in [2.24, 2.45) is 5.10 Å². The Bertz CT molecular complexity index is 1290. The number of anilines is 1. The number of hydrogen-bond donors (Lipinski definition) is 1. The van der Waals surface area contributed by atoms with Gasteiger partial charge in [0, 0.05) is 24.7 Å². The lowest BCUT2D eigenvalue weighted by atomic mass is 10.2. The normalized spacial score (nSPS) is 11.2. The molecule has 0 atom stereocenters. The van der Waals surface area contributed by atoms with E-state index in [-0.39, 0.29) is 12.3 Å². The van der Waals surface area contributed by atoms with Crippen LogP contribution in [0.15, 0.2) is 77.9 Å². The molecule has 1 amide bonds. The largest absolute Gasteiger partial charge is 0.489 e. The molecule has 3 rings (SSSR count). The van der Waals surface area contributed by atoms with Crippen molar-refractivity contribution in [2.45, 2.75) is 6.61 Å². The number of nitrogens with one attached hydrogen (secondary N) is 1. The van der Waals surface area contributed by atoms with Gasteiger partial charge in [-0.05, 0) is 71.8 Å². The van der Waals surface area contributed by atoms with Gasteiger partial charge in [-0.3, -0.25) is 19.2 Å². The highest BCUT2D eigenvalue weighted by Gasteiger charge is 2.12. The number of hydrazone groups is 1. The van der Waals surface area contributed by atoms with Crippen LogP contribution in [0, 0.1) is 10.1 Å². The Balaban J connectivity index is 1.51. The van der Waals surface area contributed by atoms with Gasteiger partial charge >= 0.3 is 0 Å². The van der Waals surface area contributed by atoms with Gasteiger partial charge in [0.2, 0.25) is 10.0 Å². The van der Waals surface area contributed by atoms with Gasteiger partial charge in [-0.1, -0.05) is 0 Å². The Morgan fingerprint density at radius 1 is 1.06 bits per heavy atom. The minimum atomic E-state index is -3.38. The van der Waals surface area contributed by atoms with Gasteiger partial charge < -0.3 is 4.74 Å². The summed E-state index contributed by atoms with van der Waals surface area (Å²) in [5.74, 6) is 0.173. The first-order valence-electron chi connectivity index (χ1n) is 9.97. The molecule has 0 fully saturated rings. The van der Waals surface area contributed by atoms with Crippen molar-refractivity contribution >= 4 is 33.5 Å². The standard InChI is InChI=1S/C23H22N4O6S/c1-26(34(2,31)32)20-11-7-19(8-12-20)23(28)25-24-15-17-5-13-22(14-6-17)33-16-18-3-9-21(10-4-18)27(29)30/h3-15H,16H2,1-2H3,(H,25,28)/b24-15-. The Kier molecular flexibility index (Phi) is 7.59. The zero-order chi connectivity index (χ0) is 24.7. The van der Waals surface area contributed by atoms with Crippen molar-refractivity contribution in [1.29, 1.82) is 0 Å². The van der Waals surface area contributed by atoms with Gasteiger partial charge in [-0.2, -0.15) is 5.10 Å². The topological polar surface area (TPSA) is 131 Å². The summed E-state index contributed by atoms with van der Waals surface area (Å²) in [5.41, 5.74) is 4.75. The predicted molar refractivity (Wildman–Crippen MR) is 129 cm³/mol. The SMILES string of the molecule is CN(c1ccc(C(=O)N/N=C\c2ccc(OCc3ccc([N+](=O)[O-])cc3)cc2)cc1)S(C)(=O)=O. The summed E-state index contributed by atoms with van der Waals surface area (Å²) in [7, 11) is -1.95. The minimum Gasteiger partial charge on any atom is -0.489 e. The van der Waals surface area contributed by atoms with Gasteiger partial charge in [-0.15, -0.1) is 0 Å². The maximum Gasteiger partial charge on any atom is 0.271 e. The lowest BCUT2D eigenvalue weighted by Gasteiger charge is -2.16. The van der Waals surface area contributed by atoms with E-state index in [0.717, 1.165) is 21.7 Å². The van der Waals surface area contributed by atoms with E-state index in [2.05, 4.69) is 10.5 Å². The number of nitro groups is 1. The number of nitro benzene ring substituents is 1. The van der Waals surface area contributed by atoms with Crippen LogP contribution in [-0.2, 0) is 16.6 Å². The third kappa shape index (κ3) is 6.62. The lowest BCUT2D eigenvalue weighted by molar-refractivity contribution is -0.384. The van der Waals surface area contributed by atoms with Crippen LogP contribution in [-0.4, -0.2) is 38.8 Å². The first-order chi connectivity index (χ1) is 16.1. The van der Waals surface area contributed by atoms with Crippen molar-refractivity contribution < 1.29 is 22.9 Å². The van der Waals surface area contributed by atoms with Crippen molar-refractivity contribution in [3.63, 3.8) is 0 Å². The molecule has 0 spiro atoms. The summed E-state index contributed by atoms with van der Waals surface area (Å²) < 4.78 is 29.9. The number of nitrogens with zero attached hydrogens (tertiary/aromatic N) is 3. The third-order valence-electron chi connectivity index (χ3n) is 4.80. The number of carbonyl (C=O) groups is 1. The molecule has 1 N–H and O–H groups in total. The highest BCUT2D eigenvalue weighted by Crippen LogP contribution is 2.17. The maximum atomic E-state index is 12.2. The van der Waals surface area contributed by atoms with E-state index in [9.17, 15) is 23.3 Å². The first kappa shape index (κ1) is 24.4. The van der Waals surface area contributed by atoms with Crippen molar-refractivity contribution in [1.82, 2.24) is 5.43 Å². The summed E-state index contributed by atoms with van der Waals surface area (Å²) in [4.78, 5) is 22.5. The average Bonchev–Trinajstić information content (AvgIpc) is 2.82. The quantitative estimate of drug-likeness (QED) is 0.283. The van der Waals surface area contributed by atoms with Gasteiger partial charge in [0.1, 0.15) is 12.4 Å². The highest BCUT2D eigenvalue weighted by molar-refractivity contribution is 7.92. The number of ether oxygens (including phenoxy) is 1. The van der Waals surface area contributed by atoms with Crippen LogP contribution in [0.4, 0.5) is 11.4 Å². The van der Waals surface area contributed by atoms with E-state index < -0.39 is 20.9 Å². The van der Waals surface area contributed by atoms with Crippen molar-refractivity contribution in [2.75, 3.05) is 17.6 Å². The monoisotopic (exact) mass is 482 g/mol. The molecule has 11 heteroatoms. The number of benzene rings is 3. The van der Waals surface area contributed by atoms with Crippen molar-refractivity contribution in [3.05, 3.63) is 99.6 Å². The number of rotatable bonds is 9. The molecule has 0 saturated carbocycles. The fourth-order valence-corrected chi connectivity index (χ4v) is 3.28. The second-order valence-corrected chi connectivity index (χ2v) is 9.27. The van der Waals surface area contributed by atoms with Crippen LogP contribution >= 0.6 is 0 Å². The smallest absolute Gasteiger partial charge is 0.271 e. The molecule has 0 aliphatic rings. The van der Waals surface area contributed by atoms with Gasteiger partial charge in [0.25, 0.3) is 11.6 Å². The molecule has 34 heavy (non-hydrogen) atoms. The molecular weight excluding hydrogens is 460 g/mol. The minimum absolute atomic E-state index is 0.0241. The highest BCUT2D eigenvalue weighted by atomic mass is 32.2. The molecule has 0 aliphatic heterocycles. The molecule has 3 aromatic rings. The van der Waals surface area contributed by atoms with Gasteiger partial charge in [0.15, 0.2) is 0 Å². The Morgan fingerprint density at radius 2 is 1.68 bits per heavy atom. The second kappa shape index (κ2) is 10.6. The van der Waals surface area contributed by atoms with Crippen LogP contribution in [0.5, 0.6) is 5.75 Å². The molecule has 0 aliphatic carbocycles. The molecule has 10 nitrogen and oxygen atoms in total. The van der Waals surface area contributed by atoms with Gasteiger partial charge in [0.05, 0.1) is 23.1 Å². The number of amides is 1. The summed E-state index contributed by atoms with van der Waals surface area (Å²) in [6, 6.07) is 19.2. The molecule has 3 aromatic carbocycles. The number of hydrogen-bond acceptors (Lipinski definition) is 7. The molecular formula is C23H22N4O6S. The van der Waals surface area contributed by atoms with E-state index in [1.807, 2.05) is 0 Å².